The van der Waals surface area contributed by atoms with E-state index in [4.69, 9.17) is 9.41 Å². The van der Waals surface area contributed by atoms with Gasteiger partial charge < -0.3 is 20.2 Å². The molecule has 1 heterocycles. The molecule has 0 aliphatic heterocycles. The number of halogens is 1. The molecule has 3 rings (SSSR count). The van der Waals surface area contributed by atoms with Crippen molar-refractivity contribution in [2.45, 2.75) is 50.7 Å². The molecule has 0 bridgehead atoms. The highest BCUT2D eigenvalue weighted by Gasteiger charge is 2.20. The smallest absolute Gasteiger partial charge is 0.191 e. The molecule has 0 saturated heterocycles. The van der Waals surface area contributed by atoms with Gasteiger partial charge in [0.15, 0.2) is 5.96 Å². The lowest BCUT2D eigenvalue weighted by Crippen LogP contribution is -2.46. The molecule has 6 heteroatoms. The summed E-state index contributed by atoms with van der Waals surface area (Å²) in [4.78, 5) is 4.71. The summed E-state index contributed by atoms with van der Waals surface area (Å²) in [5.74, 6) is 1.81. The first-order valence-corrected chi connectivity index (χ1v) is 9.59. The normalized spacial score (nSPS) is 20.0. The van der Waals surface area contributed by atoms with Gasteiger partial charge >= 0.3 is 0 Å². The van der Waals surface area contributed by atoms with Gasteiger partial charge in [-0.1, -0.05) is 30.3 Å². The molecule has 1 aromatic heterocycles. The minimum Gasteiger partial charge on any atom is -0.469 e. The molecular formula is C21H30IN3O2. The first-order chi connectivity index (χ1) is 12.8. The summed E-state index contributed by atoms with van der Waals surface area (Å²) < 4.78 is 5.38. The predicted molar refractivity (Wildman–Crippen MR) is 120 cm³/mol. The minimum atomic E-state index is -0.140. The minimum absolute atomic E-state index is 0. The van der Waals surface area contributed by atoms with E-state index < -0.39 is 0 Å². The molecule has 0 spiro atoms. The molecule has 0 radical (unpaired) electrons. The Hall–Kier alpha value is -1.54. The van der Waals surface area contributed by atoms with Crippen molar-refractivity contribution in [3.8, 4) is 0 Å². The van der Waals surface area contributed by atoms with Gasteiger partial charge in [-0.2, -0.15) is 0 Å². The highest BCUT2D eigenvalue weighted by molar-refractivity contribution is 14.0. The molecule has 148 valence electrons. The van der Waals surface area contributed by atoms with Crippen LogP contribution in [0.3, 0.4) is 0 Å². The fraction of sp³-hybridized carbons (Fsp3) is 0.476. The van der Waals surface area contributed by atoms with Crippen LogP contribution in [0.2, 0.25) is 0 Å². The van der Waals surface area contributed by atoms with Crippen molar-refractivity contribution in [1.29, 1.82) is 0 Å². The molecule has 0 unspecified atom stereocenters. The van der Waals surface area contributed by atoms with E-state index in [0.29, 0.717) is 12.6 Å². The van der Waals surface area contributed by atoms with Crippen molar-refractivity contribution >= 4 is 29.9 Å². The number of guanidine groups is 1. The lowest BCUT2D eigenvalue weighted by Gasteiger charge is -2.27. The van der Waals surface area contributed by atoms with Gasteiger partial charge in [0, 0.05) is 25.6 Å². The quantitative estimate of drug-likeness (QED) is 0.320. The zero-order valence-electron chi connectivity index (χ0n) is 15.6. The Morgan fingerprint density at radius 2 is 1.81 bits per heavy atom. The summed E-state index contributed by atoms with van der Waals surface area (Å²) in [5, 5.41) is 16.7. The number of nitrogens with one attached hydrogen (secondary N) is 2. The maximum Gasteiger partial charge on any atom is 0.191 e. The third kappa shape index (κ3) is 7.92. The largest absolute Gasteiger partial charge is 0.469 e. The molecule has 0 amide bonds. The van der Waals surface area contributed by atoms with Crippen molar-refractivity contribution in [2.24, 2.45) is 4.99 Å². The highest BCUT2D eigenvalue weighted by atomic mass is 127. The number of nitrogens with zero attached hydrogens (tertiary/aromatic N) is 1. The summed E-state index contributed by atoms with van der Waals surface area (Å²) in [6, 6.07) is 14.7. The van der Waals surface area contributed by atoms with Crippen molar-refractivity contribution in [1.82, 2.24) is 10.6 Å². The first-order valence-electron chi connectivity index (χ1n) is 9.59. The average molecular weight is 483 g/mol. The van der Waals surface area contributed by atoms with Crippen LogP contribution in [0, 0.1) is 0 Å². The molecule has 1 aliphatic carbocycles. The van der Waals surface area contributed by atoms with Crippen molar-refractivity contribution in [3.05, 3.63) is 60.1 Å². The molecule has 1 aliphatic rings. The van der Waals surface area contributed by atoms with E-state index >= 15 is 0 Å². The van der Waals surface area contributed by atoms with Gasteiger partial charge in [0.25, 0.3) is 0 Å². The second-order valence-electron chi connectivity index (χ2n) is 6.87. The van der Waals surface area contributed by atoms with E-state index in [1.807, 2.05) is 18.2 Å². The van der Waals surface area contributed by atoms with Crippen LogP contribution in [-0.4, -0.2) is 36.3 Å². The number of hydrogen-bond acceptors (Lipinski definition) is 3. The van der Waals surface area contributed by atoms with E-state index in [1.165, 1.54) is 5.56 Å². The zero-order valence-corrected chi connectivity index (χ0v) is 18.0. The van der Waals surface area contributed by atoms with Crippen LogP contribution in [0.25, 0.3) is 0 Å². The molecule has 0 atom stereocenters. The molecule has 5 nitrogen and oxygen atoms in total. The summed E-state index contributed by atoms with van der Waals surface area (Å²) in [6.07, 6.45) is 7.01. The first kappa shape index (κ1) is 21.8. The molecular weight excluding hydrogens is 453 g/mol. The molecule has 27 heavy (non-hydrogen) atoms. The number of aliphatic hydroxyl groups is 1. The van der Waals surface area contributed by atoms with Crippen LogP contribution >= 0.6 is 24.0 Å². The van der Waals surface area contributed by atoms with Gasteiger partial charge in [-0.25, -0.2) is 0 Å². The summed E-state index contributed by atoms with van der Waals surface area (Å²) in [7, 11) is 0. The Morgan fingerprint density at radius 1 is 1.04 bits per heavy atom. The van der Waals surface area contributed by atoms with E-state index in [2.05, 4.69) is 34.9 Å². The lowest BCUT2D eigenvalue weighted by molar-refractivity contribution is 0.120. The zero-order chi connectivity index (χ0) is 18.0. The Labute approximate surface area is 178 Å². The average Bonchev–Trinajstić information content (AvgIpc) is 3.18. The van der Waals surface area contributed by atoms with Crippen LogP contribution < -0.4 is 10.6 Å². The SMILES string of the molecule is I.OC1CCC(NC(=NCCc2ccco2)NCCc2ccccc2)CC1. The van der Waals surface area contributed by atoms with Crippen molar-refractivity contribution < 1.29 is 9.52 Å². The summed E-state index contributed by atoms with van der Waals surface area (Å²) in [5.41, 5.74) is 1.32. The van der Waals surface area contributed by atoms with Crippen LogP contribution in [-0.2, 0) is 12.8 Å². The lowest BCUT2D eigenvalue weighted by atomic mass is 9.93. The second kappa shape index (κ2) is 12.0. The third-order valence-corrected chi connectivity index (χ3v) is 4.79. The van der Waals surface area contributed by atoms with Crippen molar-refractivity contribution in [3.63, 3.8) is 0 Å². The fourth-order valence-corrected chi connectivity index (χ4v) is 3.27. The van der Waals surface area contributed by atoms with Gasteiger partial charge in [0.1, 0.15) is 5.76 Å². The molecule has 1 aromatic carbocycles. The number of aliphatic hydroxyl groups excluding tert-OH is 1. The number of hydrogen-bond donors (Lipinski definition) is 3. The van der Waals surface area contributed by atoms with Crippen LogP contribution in [0.4, 0.5) is 0 Å². The molecule has 3 N–H and O–H groups in total. The topological polar surface area (TPSA) is 69.8 Å². The fourth-order valence-electron chi connectivity index (χ4n) is 3.27. The monoisotopic (exact) mass is 483 g/mol. The van der Waals surface area contributed by atoms with Crippen LogP contribution in [0.15, 0.2) is 58.1 Å². The Kier molecular flexibility index (Phi) is 9.69. The van der Waals surface area contributed by atoms with Gasteiger partial charge in [-0.3, -0.25) is 4.99 Å². The molecule has 2 aromatic rings. The van der Waals surface area contributed by atoms with Crippen LogP contribution in [0.1, 0.15) is 37.0 Å². The van der Waals surface area contributed by atoms with E-state index in [9.17, 15) is 5.11 Å². The van der Waals surface area contributed by atoms with E-state index in [-0.39, 0.29) is 30.1 Å². The number of aliphatic imine (C=N–C) groups is 1. The maximum atomic E-state index is 9.69. The second-order valence-corrected chi connectivity index (χ2v) is 6.87. The van der Waals surface area contributed by atoms with Gasteiger partial charge in [-0.05, 0) is 49.8 Å². The Balaban J connectivity index is 0.00000261. The van der Waals surface area contributed by atoms with E-state index in [1.54, 1.807) is 6.26 Å². The maximum absolute atomic E-state index is 9.69. The molecule has 1 fully saturated rings. The number of furan rings is 1. The standard InChI is InChI=1S/C21H29N3O2.HI/c25-19-10-8-18(9-11-19)24-21(23-15-13-20-7-4-16-26-20)22-14-12-17-5-2-1-3-6-17;/h1-7,16,18-19,25H,8-15H2,(H2,22,23,24);1H. The predicted octanol–water partition coefficient (Wildman–Crippen LogP) is 3.52. The van der Waals surface area contributed by atoms with Crippen molar-refractivity contribution in [2.75, 3.05) is 13.1 Å². The number of benzene rings is 1. The van der Waals surface area contributed by atoms with Gasteiger partial charge in [0.05, 0.1) is 12.4 Å². The van der Waals surface area contributed by atoms with E-state index in [0.717, 1.165) is 56.8 Å². The Morgan fingerprint density at radius 3 is 2.52 bits per heavy atom. The highest BCUT2D eigenvalue weighted by Crippen LogP contribution is 2.18. The number of rotatable bonds is 7. The molecule has 1 saturated carbocycles. The van der Waals surface area contributed by atoms with Crippen LogP contribution in [0.5, 0.6) is 0 Å². The third-order valence-electron chi connectivity index (χ3n) is 4.79. The van der Waals surface area contributed by atoms with Gasteiger partial charge in [0.2, 0.25) is 0 Å². The Bertz CT molecular complexity index is 653. The summed E-state index contributed by atoms with van der Waals surface area (Å²) >= 11 is 0. The summed E-state index contributed by atoms with van der Waals surface area (Å²) in [6.45, 7) is 1.52. The van der Waals surface area contributed by atoms with Gasteiger partial charge in [-0.15, -0.1) is 24.0 Å².